The van der Waals surface area contributed by atoms with Gasteiger partial charge in [-0.3, -0.25) is 0 Å². The average molecular weight is 304 g/mol. The normalized spacial score (nSPS) is 16.6. The lowest BCUT2D eigenvalue weighted by Gasteiger charge is -2.31. The molecular weight excluding hydrogens is 286 g/mol. The molecule has 19 heavy (non-hydrogen) atoms. The molecular formula is C12H18ClN3O2S. The maximum atomic E-state index is 11.5. The second-order valence-corrected chi connectivity index (χ2v) is 6.15. The monoisotopic (exact) mass is 303 g/mol. The fourth-order valence-electron chi connectivity index (χ4n) is 2.08. The number of aromatic nitrogens is 1. The number of halogens is 1. The second kappa shape index (κ2) is 7.07. The van der Waals surface area contributed by atoms with Crippen molar-refractivity contribution < 1.29 is 9.53 Å². The van der Waals surface area contributed by atoms with Gasteiger partial charge in [-0.05, 0) is 19.8 Å². The van der Waals surface area contributed by atoms with Gasteiger partial charge in [0.2, 0.25) is 0 Å². The summed E-state index contributed by atoms with van der Waals surface area (Å²) in [6.45, 7) is 4.49. The van der Waals surface area contributed by atoms with Crippen molar-refractivity contribution in [1.82, 2.24) is 15.2 Å². The van der Waals surface area contributed by atoms with E-state index >= 15 is 0 Å². The fraction of sp³-hybridized carbons (Fsp3) is 0.667. The lowest BCUT2D eigenvalue weighted by Crippen LogP contribution is -2.44. The third-order valence-electron chi connectivity index (χ3n) is 3.09. The van der Waals surface area contributed by atoms with E-state index in [9.17, 15) is 4.79 Å². The number of hydrogen-bond donors (Lipinski definition) is 1. The maximum absolute atomic E-state index is 11.5. The predicted octanol–water partition coefficient (Wildman–Crippen LogP) is 2.51. The number of rotatable bonds is 4. The Hall–Kier alpha value is -0.850. The Morgan fingerprint density at radius 2 is 2.37 bits per heavy atom. The number of nitrogens with one attached hydrogen (secondary N) is 1. The van der Waals surface area contributed by atoms with Crippen molar-refractivity contribution in [3.05, 3.63) is 15.5 Å². The van der Waals surface area contributed by atoms with Crippen molar-refractivity contribution in [1.29, 1.82) is 0 Å². The summed E-state index contributed by atoms with van der Waals surface area (Å²) >= 11 is 7.33. The quantitative estimate of drug-likeness (QED) is 0.928. The average Bonchev–Trinajstić information content (AvgIpc) is 2.83. The second-order valence-electron chi connectivity index (χ2n) is 4.40. The van der Waals surface area contributed by atoms with Gasteiger partial charge in [0.05, 0.1) is 12.8 Å². The van der Waals surface area contributed by atoms with Gasteiger partial charge in [-0.1, -0.05) is 11.6 Å². The molecule has 1 aliphatic rings. The van der Waals surface area contributed by atoms with Crippen LogP contribution in [-0.2, 0) is 11.3 Å². The molecule has 1 aromatic rings. The van der Waals surface area contributed by atoms with Crippen LogP contribution in [0.2, 0.25) is 4.34 Å². The van der Waals surface area contributed by atoms with Gasteiger partial charge >= 0.3 is 6.09 Å². The zero-order chi connectivity index (χ0) is 13.7. The molecule has 0 atom stereocenters. The van der Waals surface area contributed by atoms with E-state index in [0.717, 1.165) is 37.5 Å². The van der Waals surface area contributed by atoms with Crippen LogP contribution in [0.5, 0.6) is 0 Å². The van der Waals surface area contributed by atoms with Crippen molar-refractivity contribution >= 4 is 29.0 Å². The SMILES string of the molecule is CCOC(=O)N1CCC(NCc2ncc(Cl)s2)CC1. The van der Waals surface area contributed by atoms with Crippen molar-refractivity contribution in [2.24, 2.45) is 0 Å². The van der Waals surface area contributed by atoms with E-state index in [1.165, 1.54) is 11.3 Å². The van der Waals surface area contributed by atoms with Crippen LogP contribution in [0, 0.1) is 0 Å². The highest BCUT2D eigenvalue weighted by Gasteiger charge is 2.23. The third kappa shape index (κ3) is 4.33. The van der Waals surface area contributed by atoms with Crippen LogP contribution in [0.1, 0.15) is 24.8 Å². The highest BCUT2D eigenvalue weighted by atomic mass is 35.5. The number of likely N-dealkylation sites (tertiary alicyclic amines) is 1. The molecule has 1 fully saturated rings. The van der Waals surface area contributed by atoms with Crippen LogP contribution >= 0.6 is 22.9 Å². The van der Waals surface area contributed by atoms with Gasteiger partial charge in [-0.25, -0.2) is 9.78 Å². The van der Waals surface area contributed by atoms with E-state index in [1.807, 2.05) is 6.92 Å². The number of carbonyl (C=O) groups excluding carboxylic acids is 1. The fourth-order valence-corrected chi connectivity index (χ4v) is 2.99. The first-order valence-electron chi connectivity index (χ1n) is 6.44. The number of ether oxygens (including phenoxy) is 1. The summed E-state index contributed by atoms with van der Waals surface area (Å²) in [4.78, 5) is 17.5. The van der Waals surface area contributed by atoms with E-state index < -0.39 is 0 Å². The molecule has 0 saturated carbocycles. The summed E-state index contributed by atoms with van der Waals surface area (Å²) in [6, 6.07) is 0.424. The highest BCUT2D eigenvalue weighted by Crippen LogP contribution is 2.19. The van der Waals surface area contributed by atoms with E-state index in [0.29, 0.717) is 17.0 Å². The molecule has 1 saturated heterocycles. The van der Waals surface area contributed by atoms with Crippen molar-refractivity contribution in [2.45, 2.75) is 32.4 Å². The lowest BCUT2D eigenvalue weighted by atomic mass is 10.1. The molecule has 1 amide bonds. The molecule has 0 unspecified atom stereocenters. The maximum Gasteiger partial charge on any atom is 0.409 e. The van der Waals surface area contributed by atoms with E-state index in [4.69, 9.17) is 16.3 Å². The van der Waals surface area contributed by atoms with Crippen LogP contribution < -0.4 is 5.32 Å². The minimum absolute atomic E-state index is 0.201. The van der Waals surface area contributed by atoms with Crippen LogP contribution in [0.15, 0.2) is 6.20 Å². The van der Waals surface area contributed by atoms with E-state index in [1.54, 1.807) is 11.1 Å². The molecule has 2 heterocycles. The topological polar surface area (TPSA) is 54.5 Å². The zero-order valence-corrected chi connectivity index (χ0v) is 12.5. The van der Waals surface area contributed by atoms with Crippen molar-refractivity contribution in [2.75, 3.05) is 19.7 Å². The molecule has 7 heteroatoms. The van der Waals surface area contributed by atoms with Crippen LogP contribution in [0.3, 0.4) is 0 Å². The predicted molar refractivity (Wildman–Crippen MR) is 75.6 cm³/mol. The van der Waals surface area contributed by atoms with E-state index in [2.05, 4.69) is 10.3 Å². The molecule has 5 nitrogen and oxygen atoms in total. The Balaban J connectivity index is 1.70. The number of hydrogen-bond acceptors (Lipinski definition) is 5. The standard InChI is InChI=1S/C12H18ClN3O2S/c1-2-18-12(17)16-5-3-9(4-6-16)14-8-11-15-7-10(13)19-11/h7,9,14H,2-6,8H2,1H3. The van der Waals surface area contributed by atoms with Gasteiger partial charge in [0, 0.05) is 25.7 Å². The Labute approximate surface area is 121 Å². The highest BCUT2D eigenvalue weighted by molar-refractivity contribution is 7.15. The first kappa shape index (κ1) is 14.6. The molecule has 2 rings (SSSR count). The summed E-state index contributed by atoms with van der Waals surface area (Å²) in [6.07, 6.45) is 3.36. The molecule has 0 aliphatic carbocycles. The molecule has 1 N–H and O–H groups in total. The number of piperidine rings is 1. The van der Waals surface area contributed by atoms with Gasteiger partial charge in [0.15, 0.2) is 0 Å². The molecule has 1 aromatic heterocycles. The Morgan fingerprint density at radius 3 is 2.95 bits per heavy atom. The number of carbonyl (C=O) groups is 1. The van der Waals surface area contributed by atoms with Crippen molar-refractivity contribution in [3.63, 3.8) is 0 Å². The van der Waals surface area contributed by atoms with Gasteiger partial charge < -0.3 is 15.0 Å². The van der Waals surface area contributed by atoms with Gasteiger partial charge in [-0.2, -0.15) is 0 Å². The first-order chi connectivity index (χ1) is 9.19. The summed E-state index contributed by atoms with van der Waals surface area (Å²) in [5.74, 6) is 0. The minimum atomic E-state index is -0.201. The third-order valence-corrected chi connectivity index (χ3v) is 4.20. The zero-order valence-electron chi connectivity index (χ0n) is 10.9. The van der Waals surface area contributed by atoms with E-state index in [-0.39, 0.29) is 6.09 Å². The summed E-state index contributed by atoms with van der Waals surface area (Å²) in [5, 5.41) is 4.45. The number of nitrogens with zero attached hydrogens (tertiary/aromatic N) is 2. The van der Waals surface area contributed by atoms with Gasteiger partial charge in [-0.15, -0.1) is 11.3 Å². The Kier molecular flexibility index (Phi) is 5.42. The molecule has 0 aromatic carbocycles. The lowest BCUT2D eigenvalue weighted by molar-refractivity contribution is 0.0950. The molecule has 106 valence electrons. The van der Waals surface area contributed by atoms with Crippen LogP contribution in [0.4, 0.5) is 4.79 Å². The first-order valence-corrected chi connectivity index (χ1v) is 7.63. The Bertz CT molecular complexity index is 419. The van der Waals surface area contributed by atoms with Crippen LogP contribution in [-0.4, -0.2) is 41.7 Å². The summed E-state index contributed by atoms with van der Waals surface area (Å²) < 4.78 is 5.71. The van der Waals surface area contributed by atoms with Gasteiger partial charge in [0.1, 0.15) is 9.34 Å². The summed E-state index contributed by atoms with van der Waals surface area (Å²) in [5.41, 5.74) is 0. The molecule has 0 bridgehead atoms. The van der Waals surface area contributed by atoms with Crippen molar-refractivity contribution in [3.8, 4) is 0 Å². The molecule has 0 spiro atoms. The number of amides is 1. The van der Waals surface area contributed by atoms with Gasteiger partial charge in [0.25, 0.3) is 0 Å². The summed E-state index contributed by atoms with van der Waals surface area (Å²) in [7, 11) is 0. The smallest absolute Gasteiger partial charge is 0.409 e. The number of thiazole rings is 1. The van der Waals surface area contributed by atoms with Crippen LogP contribution in [0.25, 0.3) is 0 Å². The molecule has 0 radical (unpaired) electrons. The Morgan fingerprint density at radius 1 is 1.63 bits per heavy atom. The largest absolute Gasteiger partial charge is 0.450 e. The molecule has 1 aliphatic heterocycles. The minimum Gasteiger partial charge on any atom is -0.450 e.